The van der Waals surface area contributed by atoms with Gasteiger partial charge >= 0.3 is 0 Å². The number of aryl methyl sites for hydroxylation is 1. The Hall–Kier alpha value is -1.03. The fourth-order valence-electron chi connectivity index (χ4n) is 1.75. The van der Waals surface area contributed by atoms with Gasteiger partial charge < -0.3 is 10.1 Å². The summed E-state index contributed by atoms with van der Waals surface area (Å²) in [7, 11) is 0. The smallest absolute Gasteiger partial charge is 0.137 e. The summed E-state index contributed by atoms with van der Waals surface area (Å²) in [5, 5.41) is 6.15. The fourth-order valence-corrected chi connectivity index (χ4v) is 2.75. The first-order valence-corrected chi connectivity index (χ1v) is 7.63. The van der Waals surface area contributed by atoms with Gasteiger partial charge in [0.25, 0.3) is 0 Å². The molecule has 19 heavy (non-hydrogen) atoms. The van der Waals surface area contributed by atoms with Crippen LogP contribution >= 0.6 is 22.9 Å². The SMILES string of the molecule is Cc1ccc(OCCNCCc2cccs2)c(Cl)c1. The number of hydrogen-bond donors (Lipinski definition) is 1. The molecule has 4 heteroatoms. The predicted molar refractivity (Wildman–Crippen MR) is 82.6 cm³/mol. The van der Waals surface area contributed by atoms with E-state index in [1.807, 2.05) is 25.1 Å². The van der Waals surface area contributed by atoms with E-state index >= 15 is 0 Å². The topological polar surface area (TPSA) is 21.3 Å². The van der Waals surface area contributed by atoms with E-state index in [0.717, 1.165) is 30.8 Å². The molecule has 0 aliphatic heterocycles. The molecule has 0 saturated carbocycles. The van der Waals surface area contributed by atoms with E-state index in [0.29, 0.717) is 11.6 Å². The summed E-state index contributed by atoms with van der Waals surface area (Å²) in [6, 6.07) is 10.1. The number of ether oxygens (including phenoxy) is 1. The summed E-state index contributed by atoms with van der Waals surface area (Å²) < 4.78 is 5.64. The Labute approximate surface area is 123 Å². The van der Waals surface area contributed by atoms with E-state index in [4.69, 9.17) is 16.3 Å². The number of benzene rings is 1. The van der Waals surface area contributed by atoms with Gasteiger partial charge in [0.15, 0.2) is 0 Å². The molecule has 0 spiro atoms. The van der Waals surface area contributed by atoms with Crippen molar-refractivity contribution in [1.82, 2.24) is 5.32 Å². The van der Waals surface area contributed by atoms with Crippen LogP contribution in [0.15, 0.2) is 35.7 Å². The van der Waals surface area contributed by atoms with E-state index in [-0.39, 0.29) is 0 Å². The maximum Gasteiger partial charge on any atom is 0.137 e. The van der Waals surface area contributed by atoms with Crippen molar-refractivity contribution >= 4 is 22.9 Å². The molecule has 0 atom stereocenters. The van der Waals surface area contributed by atoms with Gasteiger partial charge in [-0.05, 0) is 42.5 Å². The molecular weight excluding hydrogens is 278 g/mol. The zero-order valence-electron chi connectivity index (χ0n) is 11.0. The van der Waals surface area contributed by atoms with Crippen LogP contribution in [0.25, 0.3) is 0 Å². The second kappa shape index (κ2) is 7.53. The van der Waals surface area contributed by atoms with Crippen molar-refractivity contribution in [2.24, 2.45) is 0 Å². The quantitative estimate of drug-likeness (QED) is 0.782. The van der Waals surface area contributed by atoms with Gasteiger partial charge in [-0.2, -0.15) is 0 Å². The van der Waals surface area contributed by atoms with Crippen LogP contribution in [0.1, 0.15) is 10.4 Å². The van der Waals surface area contributed by atoms with Gasteiger partial charge in [-0.1, -0.05) is 23.7 Å². The molecule has 0 amide bonds. The third-order valence-corrected chi connectivity index (χ3v) is 3.98. The molecule has 2 aromatic rings. The largest absolute Gasteiger partial charge is 0.491 e. The molecule has 0 aliphatic carbocycles. The fraction of sp³-hybridized carbons (Fsp3) is 0.333. The molecule has 0 bridgehead atoms. The molecule has 0 radical (unpaired) electrons. The molecule has 2 nitrogen and oxygen atoms in total. The average Bonchev–Trinajstić information content (AvgIpc) is 2.89. The molecule has 1 N–H and O–H groups in total. The van der Waals surface area contributed by atoms with Crippen LogP contribution < -0.4 is 10.1 Å². The van der Waals surface area contributed by atoms with Crippen LogP contribution in [0, 0.1) is 6.92 Å². The highest BCUT2D eigenvalue weighted by Crippen LogP contribution is 2.24. The zero-order chi connectivity index (χ0) is 13.5. The summed E-state index contributed by atoms with van der Waals surface area (Å²) in [5.74, 6) is 0.757. The molecule has 0 fully saturated rings. The zero-order valence-corrected chi connectivity index (χ0v) is 12.6. The van der Waals surface area contributed by atoms with E-state index < -0.39 is 0 Å². The minimum Gasteiger partial charge on any atom is -0.491 e. The molecule has 1 heterocycles. The van der Waals surface area contributed by atoms with Crippen LogP contribution in [0.5, 0.6) is 5.75 Å². The van der Waals surface area contributed by atoms with Crippen LogP contribution in [-0.2, 0) is 6.42 Å². The number of nitrogens with one attached hydrogen (secondary N) is 1. The van der Waals surface area contributed by atoms with Gasteiger partial charge in [0.1, 0.15) is 12.4 Å². The van der Waals surface area contributed by atoms with Crippen LogP contribution in [0.4, 0.5) is 0 Å². The Balaban J connectivity index is 1.61. The Morgan fingerprint density at radius 2 is 2.16 bits per heavy atom. The lowest BCUT2D eigenvalue weighted by Crippen LogP contribution is -2.23. The van der Waals surface area contributed by atoms with E-state index in [9.17, 15) is 0 Å². The average molecular weight is 296 g/mol. The number of rotatable bonds is 7. The molecular formula is C15H18ClNOS. The predicted octanol–water partition coefficient (Wildman–Crippen LogP) is 3.92. The first kappa shape index (κ1) is 14.4. The second-order valence-electron chi connectivity index (χ2n) is 4.36. The second-order valence-corrected chi connectivity index (χ2v) is 5.80. The lowest BCUT2D eigenvalue weighted by molar-refractivity contribution is 0.314. The molecule has 0 saturated heterocycles. The normalized spacial score (nSPS) is 10.6. The van der Waals surface area contributed by atoms with Crippen molar-refractivity contribution in [3.63, 3.8) is 0 Å². The molecule has 1 aromatic carbocycles. The molecule has 1 aromatic heterocycles. The highest BCUT2D eigenvalue weighted by atomic mass is 35.5. The monoisotopic (exact) mass is 295 g/mol. The first-order chi connectivity index (χ1) is 9.25. The lowest BCUT2D eigenvalue weighted by atomic mass is 10.2. The summed E-state index contributed by atoms with van der Waals surface area (Å²) in [6.45, 7) is 4.45. The van der Waals surface area contributed by atoms with Crippen LogP contribution in [0.3, 0.4) is 0 Å². The Morgan fingerprint density at radius 1 is 1.26 bits per heavy atom. The van der Waals surface area contributed by atoms with Crippen LogP contribution in [0.2, 0.25) is 5.02 Å². The third kappa shape index (κ3) is 4.86. The van der Waals surface area contributed by atoms with Crippen molar-refractivity contribution in [3.8, 4) is 5.75 Å². The van der Waals surface area contributed by atoms with Gasteiger partial charge in [0.05, 0.1) is 5.02 Å². The van der Waals surface area contributed by atoms with Gasteiger partial charge in [0, 0.05) is 18.0 Å². The molecule has 102 valence electrons. The highest BCUT2D eigenvalue weighted by Gasteiger charge is 2.01. The maximum atomic E-state index is 6.09. The Morgan fingerprint density at radius 3 is 2.89 bits per heavy atom. The molecule has 2 rings (SSSR count). The summed E-state index contributed by atoms with van der Waals surface area (Å²) >= 11 is 7.89. The Bertz CT molecular complexity index is 499. The number of thiophene rings is 1. The van der Waals surface area contributed by atoms with Crippen molar-refractivity contribution in [1.29, 1.82) is 0 Å². The van der Waals surface area contributed by atoms with E-state index in [1.54, 1.807) is 11.3 Å². The highest BCUT2D eigenvalue weighted by molar-refractivity contribution is 7.09. The molecule has 0 aliphatic rings. The van der Waals surface area contributed by atoms with Gasteiger partial charge in [-0.3, -0.25) is 0 Å². The Kier molecular flexibility index (Phi) is 5.70. The van der Waals surface area contributed by atoms with Crippen molar-refractivity contribution in [3.05, 3.63) is 51.2 Å². The van der Waals surface area contributed by atoms with Crippen molar-refractivity contribution < 1.29 is 4.74 Å². The minimum atomic E-state index is 0.632. The van der Waals surface area contributed by atoms with Gasteiger partial charge in [-0.25, -0.2) is 0 Å². The molecule has 0 unspecified atom stereocenters. The first-order valence-electron chi connectivity index (χ1n) is 6.38. The maximum absolute atomic E-state index is 6.09. The van der Waals surface area contributed by atoms with Crippen molar-refractivity contribution in [2.45, 2.75) is 13.3 Å². The number of hydrogen-bond acceptors (Lipinski definition) is 3. The number of halogens is 1. The lowest BCUT2D eigenvalue weighted by Gasteiger charge is -2.09. The van der Waals surface area contributed by atoms with Gasteiger partial charge in [0.2, 0.25) is 0 Å². The van der Waals surface area contributed by atoms with Gasteiger partial charge in [-0.15, -0.1) is 11.3 Å². The standard InChI is InChI=1S/C15H18ClNOS/c1-12-4-5-15(14(16)11-12)18-9-8-17-7-6-13-3-2-10-19-13/h2-5,10-11,17H,6-9H2,1H3. The van der Waals surface area contributed by atoms with E-state index in [2.05, 4.69) is 22.8 Å². The summed E-state index contributed by atoms with van der Waals surface area (Å²) in [4.78, 5) is 1.41. The minimum absolute atomic E-state index is 0.632. The van der Waals surface area contributed by atoms with Crippen molar-refractivity contribution in [2.75, 3.05) is 19.7 Å². The third-order valence-electron chi connectivity index (χ3n) is 2.75. The summed E-state index contributed by atoms with van der Waals surface area (Å²) in [6.07, 6.45) is 1.07. The van der Waals surface area contributed by atoms with E-state index in [1.165, 1.54) is 4.88 Å². The summed E-state index contributed by atoms with van der Waals surface area (Å²) in [5.41, 5.74) is 1.14. The van der Waals surface area contributed by atoms with Crippen LogP contribution in [-0.4, -0.2) is 19.7 Å².